The van der Waals surface area contributed by atoms with Crippen LogP contribution in [0.15, 0.2) is 24.8 Å². The van der Waals surface area contributed by atoms with Crippen LogP contribution >= 0.6 is 0 Å². The number of rotatable bonds is 2. The maximum absolute atomic E-state index is 11.0. The van der Waals surface area contributed by atoms with Gasteiger partial charge in [0, 0.05) is 0 Å². The zero-order valence-corrected chi connectivity index (χ0v) is 9.48. The summed E-state index contributed by atoms with van der Waals surface area (Å²) in [6, 6.07) is 0. The molecule has 0 unspecified atom stereocenters. The Bertz CT molecular complexity index is 179. The van der Waals surface area contributed by atoms with E-state index in [4.69, 9.17) is 19.8 Å². The van der Waals surface area contributed by atoms with E-state index in [1.807, 2.05) is 0 Å². The van der Waals surface area contributed by atoms with Crippen LogP contribution < -0.4 is 10.2 Å². The van der Waals surface area contributed by atoms with Gasteiger partial charge in [0.25, 0.3) is 0 Å². The van der Waals surface area contributed by atoms with Crippen molar-refractivity contribution >= 4 is 11.9 Å². The van der Waals surface area contributed by atoms with E-state index in [9.17, 15) is 8.78 Å². The maximum Gasteiger partial charge on any atom is 2.00 e. The van der Waals surface area contributed by atoms with Crippen LogP contribution in [0.3, 0.4) is 0 Å². The molecule has 0 aliphatic heterocycles. The van der Waals surface area contributed by atoms with E-state index in [1.54, 1.807) is 0 Å². The normalized spacial score (nSPS) is 6.92. The molecule has 0 aromatic heterocycles. The first-order valence-corrected chi connectivity index (χ1v) is 2.40. The zero-order chi connectivity index (χ0) is 10.3. The second kappa shape index (κ2) is 9.00. The van der Waals surface area contributed by atoms with E-state index >= 15 is 0 Å². The standard InChI is InChI=1S/2C3H3FO2.Zn/c2*1-2(4)3(5)6;/h2*1H2,(H,5,6);/q;;+2/p-2. The Hall–Kier alpha value is -1.10. The van der Waals surface area contributed by atoms with Crippen LogP contribution in [0.25, 0.3) is 0 Å². The van der Waals surface area contributed by atoms with Crippen molar-refractivity contribution in [2.45, 2.75) is 0 Å². The van der Waals surface area contributed by atoms with Crippen LogP contribution in [0, 0.1) is 0 Å². The van der Waals surface area contributed by atoms with Gasteiger partial charge in [-0.05, 0) is 0 Å². The molecule has 0 heterocycles. The molecule has 0 rings (SSSR count). The van der Waals surface area contributed by atoms with Crippen molar-refractivity contribution in [3.8, 4) is 0 Å². The van der Waals surface area contributed by atoms with Gasteiger partial charge in [0.15, 0.2) is 0 Å². The fourth-order valence-electron chi connectivity index (χ4n) is 0. The smallest absolute Gasteiger partial charge is 0.542 e. The van der Waals surface area contributed by atoms with Gasteiger partial charge >= 0.3 is 19.5 Å². The first-order valence-electron chi connectivity index (χ1n) is 2.40. The van der Waals surface area contributed by atoms with Gasteiger partial charge in [-0.2, -0.15) is 0 Å². The molecule has 0 N–H and O–H groups in total. The molecule has 0 aromatic rings. The molecule has 0 aliphatic rings. The molecule has 0 spiro atoms. The van der Waals surface area contributed by atoms with E-state index < -0.39 is 23.6 Å². The Morgan fingerprint density at radius 3 is 1.00 bits per heavy atom. The molecule has 13 heavy (non-hydrogen) atoms. The van der Waals surface area contributed by atoms with E-state index in [1.165, 1.54) is 0 Å². The second-order valence-electron chi connectivity index (χ2n) is 1.38. The van der Waals surface area contributed by atoms with Crippen LogP contribution in [0.1, 0.15) is 0 Å². The summed E-state index contributed by atoms with van der Waals surface area (Å²) in [6.07, 6.45) is 0. The molecule has 0 saturated carbocycles. The number of carboxylic acids is 2. The Kier molecular flexibility index (Phi) is 12.4. The summed E-state index contributed by atoms with van der Waals surface area (Å²) >= 11 is 0. The average molecular weight is 243 g/mol. The van der Waals surface area contributed by atoms with Gasteiger partial charge in [-0.3, -0.25) is 0 Å². The number of aliphatic carboxylic acids is 2. The molecule has 0 radical (unpaired) electrons. The summed E-state index contributed by atoms with van der Waals surface area (Å²) < 4.78 is 21.9. The first kappa shape index (κ1) is 17.9. The summed E-state index contributed by atoms with van der Waals surface area (Å²) in [5, 5.41) is 18.2. The van der Waals surface area contributed by atoms with Gasteiger partial charge < -0.3 is 19.8 Å². The van der Waals surface area contributed by atoms with Gasteiger partial charge in [-0.25, -0.2) is 8.78 Å². The maximum atomic E-state index is 11.0. The van der Waals surface area contributed by atoms with E-state index in [-0.39, 0.29) is 19.5 Å². The van der Waals surface area contributed by atoms with Gasteiger partial charge in [0.05, 0.1) is 11.9 Å². The average Bonchev–Trinajstić information content (AvgIpc) is 1.88. The molecule has 0 fully saturated rings. The van der Waals surface area contributed by atoms with Crippen LogP contribution in [0.5, 0.6) is 0 Å². The van der Waals surface area contributed by atoms with E-state index in [0.717, 1.165) is 0 Å². The molecule has 7 heteroatoms. The molecular weight excluding hydrogens is 239 g/mol. The van der Waals surface area contributed by atoms with Crippen LogP contribution in [-0.4, -0.2) is 11.9 Å². The van der Waals surface area contributed by atoms with Crippen molar-refractivity contribution in [2.24, 2.45) is 0 Å². The minimum atomic E-state index is -1.85. The second-order valence-corrected chi connectivity index (χ2v) is 1.38. The SMILES string of the molecule is C=C(F)C(=O)[O-].C=C(F)C(=O)[O-].[Zn+2]. The number of carbonyl (C=O) groups excluding carboxylic acids is 2. The monoisotopic (exact) mass is 242 g/mol. The van der Waals surface area contributed by atoms with Crippen molar-refractivity contribution < 1.29 is 48.1 Å². The number of hydrogen-bond donors (Lipinski definition) is 0. The van der Waals surface area contributed by atoms with Gasteiger partial charge in [-0.15, -0.1) is 0 Å². The fraction of sp³-hybridized carbons (Fsp3) is 0. The Labute approximate surface area is 85.3 Å². The number of halogens is 2. The summed E-state index contributed by atoms with van der Waals surface area (Å²) in [4.78, 5) is 18.2. The summed E-state index contributed by atoms with van der Waals surface area (Å²) in [7, 11) is 0. The third-order valence-electron chi connectivity index (χ3n) is 0.443. The van der Waals surface area contributed by atoms with E-state index in [0.29, 0.717) is 0 Å². The molecule has 0 bridgehead atoms. The van der Waals surface area contributed by atoms with Crippen LogP contribution in [0.4, 0.5) is 8.78 Å². The first-order chi connectivity index (χ1) is 5.29. The molecule has 68 valence electrons. The molecule has 0 amide bonds. The molecule has 4 nitrogen and oxygen atoms in total. The quantitative estimate of drug-likeness (QED) is 0.434. The molecule has 0 saturated heterocycles. The third-order valence-corrected chi connectivity index (χ3v) is 0.443. The largest absolute Gasteiger partial charge is 2.00 e. The minimum Gasteiger partial charge on any atom is -0.542 e. The van der Waals surface area contributed by atoms with Crippen molar-refractivity contribution in [1.29, 1.82) is 0 Å². The third kappa shape index (κ3) is 18.1. The topological polar surface area (TPSA) is 80.3 Å². The minimum absolute atomic E-state index is 0. The Morgan fingerprint density at radius 2 is 1.00 bits per heavy atom. The van der Waals surface area contributed by atoms with Crippen LogP contribution in [0.2, 0.25) is 0 Å². The number of hydrogen-bond acceptors (Lipinski definition) is 4. The molecule has 0 atom stereocenters. The fourth-order valence-corrected chi connectivity index (χ4v) is 0. The predicted octanol–water partition coefficient (Wildman–Crippen LogP) is -1.56. The van der Waals surface area contributed by atoms with Crippen LogP contribution in [-0.2, 0) is 29.1 Å². The van der Waals surface area contributed by atoms with Gasteiger partial charge in [0.2, 0.25) is 0 Å². The zero-order valence-electron chi connectivity index (χ0n) is 6.51. The predicted molar refractivity (Wildman–Crippen MR) is 30.5 cm³/mol. The van der Waals surface area contributed by atoms with E-state index in [2.05, 4.69) is 13.2 Å². The Morgan fingerprint density at radius 1 is 0.923 bits per heavy atom. The van der Waals surface area contributed by atoms with Crippen molar-refractivity contribution in [3.63, 3.8) is 0 Å². The number of carbonyl (C=O) groups is 2. The Balaban J connectivity index is -0.000000143. The summed E-state index contributed by atoms with van der Waals surface area (Å²) in [6.45, 7) is 4.85. The summed E-state index contributed by atoms with van der Waals surface area (Å²) in [5.74, 6) is -6.57. The molecule has 0 aromatic carbocycles. The number of carboxylic acid groups (broad SMARTS) is 2. The van der Waals surface area contributed by atoms with Crippen molar-refractivity contribution in [1.82, 2.24) is 0 Å². The summed E-state index contributed by atoms with van der Waals surface area (Å²) in [5.41, 5.74) is 0. The van der Waals surface area contributed by atoms with Crippen molar-refractivity contribution in [3.05, 3.63) is 24.8 Å². The van der Waals surface area contributed by atoms with Crippen molar-refractivity contribution in [2.75, 3.05) is 0 Å². The van der Waals surface area contributed by atoms with Gasteiger partial charge in [-0.1, -0.05) is 13.2 Å². The molecular formula is C6H4F2O4Zn. The van der Waals surface area contributed by atoms with Gasteiger partial charge in [0.1, 0.15) is 11.7 Å². The molecule has 0 aliphatic carbocycles.